The molecule has 0 aliphatic carbocycles. The summed E-state index contributed by atoms with van der Waals surface area (Å²) in [7, 11) is 0. The molecule has 5 aromatic carbocycles. The van der Waals surface area contributed by atoms with Crippen LogP contribution in [0.15, 0.2) is 106 Å². The lowest BCUT2D eigenvalue weighted by Gasteiger charge is -2.24. The molecule has 0 radical (unpaired) electrons. The average molecular weight is 618 g/mol. The predicted molar refractivity (Wildman–Crippen MR) is 194 cm³/mol. The Morgan fingerprint density at radius 3 is 2.00 bits per heavy atom. The fourth-order valence-corrected chi connectivity index (χ4v) is 6.81. The lowest BCUT2D eigenvalue weighted by atomic mass is 9.88. The lowest BCUT2D eigenvalue weighted by Crippen LogP contribution is -2.11. The Balaban J connectivity index is 1.52. The zero-order valence-corrected chi connectivity index (χ0v) is 28.1. The van der Waals surface area contributed by atoms with E-state index in [1.54, 1.807) is 0 Å². The molecule has 0 saturated heterocycles. The van der Waals surface area contributed by atoms with Gasteiger partial charge in [0.1, 0.15) is 22.5 Å². The van der Waals surface area contributed by atoms with Gasteiger partial charge in [-0.2, -0.15) is 0 Å². The fraction of sp³-hybridized carbons (Fsp3) is 0.238. The second kappa shape index (κ2) is 10.7. The Morgan fingerprint density at radius 2 is 1.30 bits per heavy atom. The van der Waals surface area contributed by atoms with Gasteiger partial charge in [-0.25, -0.2) is 9.97 Å². The molecule has 5 nitrogen and oxygen atoms in total. The number of oxazole rings is 1. The smallest absolute Gasteiger partial charge is 0.200 e. The summed E-state index contributed by atoms with van der Waals surface area (Å²) in [6.45, 7) is 15.5. The van der Waals surface area contributed by atoms with Crippen LogP contribution in [0.1, 0.15) is 77.3 Å². The molecule has 0 aliphatic heterocycles. The van der Waals surface area contributed by atoms with Gasteiger partial charge in [-0.15, -0.1) is 0 Å². The Labute approximate surface area is 274 Å². The van der Waals surface area contributed by atoms with E-state index in [0.29, 0.717) is 5.89 Å². The summed E-state index contributed by atoms with van der Waals surface area (Å²) in [5, 5.41) is 1.94. The highest BCUT2D eigenvalue weighted by molar-refractivity contribution is 6.20. The third kappa shape index (κ3) is 4.67. The summed E-state index contributed by atoms with van der Waals surface area (Å²) < 4.78 is 15.6. The second-order valence-electron chi connectivity index (χ2n) is 14.3. The van der Waals surface area contributed by atoms with Crippen LogP contribution < -0.4 is 0 Å². The average Bonchev–Trinajstić information content (AvgIpc) is 3.77. The maximum absolute atomic E-state index is 6.72. The van der Waals surface area contributed by atoms with Gasteiger partial charge in [-0.3, -0.25) is 4.57 Å². The minimum atomic E-state index is -0.253. The van der Waals surface area contributed by atoms with Gasteiger partial charge in [0.2, 0.25) is 5.89 Å². The van der Waals surface area contributed by atoms with E-state index in [4.69, 9.17) is 18.8 Å². The number of hydrogen-bond donors (Lipinski definition) is 0. The highest BCUT2D eigenvalue weighted by Gasteiger charge is 2.29. The number of furan rings is 1. The van der Waals surface area contributed by atoms with E-state index < -0.39 is 0 Å². The van der Waals surface area contributed by atoms with Crippen LogP contribution in [0.2, 0.25) is 0 Å². The summed E-state index contributed by atoms with van der Waals surface area (Å²) in [6.07, 6.45) is 0. The van der Waals surface area contributed by atoms with Crippen LogP contribution >= 0.6 is 0 Å². The standard InChI is InChI=1S/C42H39N3O2/c1-24(2)29-21-27(26-15-9-8-10-16-26)22-30(25(3)4)37(29)45-34-19-13-12-18-32(34)43-40(45)31-23-33-39(47-41(44-33)42(5,6)7)36-28-17-11-14-20-35(28)46-38(31)36/h8-25H,1-7H3. The molecule has 0 unspecified atom stereocenters. The Bertz CT molecular complexity index is 2420. The SMILES string of the molecule is CC(C)c1cc(-c2ccccc2)cc(C(C)C)c1-n1c(-c2cc3nc(C(C)(C)C)oc3c3c2oc2ccccc23)nc2ccccc21. The van der Waals surface area contributed by atoms with Crippen molar-refractivity contribution < 1.29 is 8.83 Å². The van der Waals surface area contributed by atoms with Gasteiger partial charge in [-0.1, -0.05) is 109 Å². The van der Waals surface area contributed by atoms with Gasteiger partial charge in [-0.05, 0) is 70.5 Å². The molecule has 5 heteroatoms. The first kappa shape index (κ1) is 29.3. The highest BCUT2D eigenvalue weighted by atomic mass is 16.4. The van der Waals surface area contributed by atoms with E-state index >= 15 is 0 Å². The normalized spacial score (nSPS) is 12.5. The predicted octanol–water partition coefficient (Wildman–Crippen LogP) is 11.9. The largest absolute Gasteiger partial charge is 0.455 e. The molecule has 0 aliphatic rings. The van der Waals surface area contributed by atoms with Crippen LogP contribution in [0.4, 0.5) is 0 Å². The third-order valence-corrected chi connectivity index (χ3v) is 9.19. The van der Waals surface area contributed by atoms with Crippen molar-refractivity contribution in [1.29, 1.82) is 0 Å². The molecular formula is C42H39N3O2. The number of nitrogens with zero attached hydrogens (tertiary/aromatic N) is 3. The van der Waals surface area contributed by atoms with Gasteiger partial charge < -0.3 is 8.83 Å². The summed E-state index contributed by atoms with van der Waals surface area (Å²) >= 11 is 0. The Kier molecular flexibility index (Phi) is 6.66. The van der Waals surface area contributed by atoms with Gasteiger partial charge in [0.15, 0.2) is 5.58 Å². The van der Waals surface area contributed by atoms with Crippen molar-refractivity contribution in [3.8, 4) is 28.2 Å². The first-order valence-electron chi connectivity index (χ1n) is 16.6. The number of aromatic nitrogens is 3. The molecule has 47 heavy (non-hydrogen) atoms. The fourth-order valence-electron chi connectivity index (χ4n) is 6.81. The number of rotatable bonds is 5. The van der Waals surface area contributed by atoms with Crippen LogP contribution in [0, 0.1) is 0 Å². The summed E-state index contributed by atoms with van der Waals surface area (Å²) in [5.41, 5.74) is 11.9. The molecule has 0 fully saturated rings. The van der Waals surface area contributed by atoms with Crippen molar-refractivity contribution in [3.05, 3.63) is 114 Å². The van der Waals surface area contributed by atoms with Crippen molar-refractivity contribution in [2.75, 3.05) is 0 Å². The number of fused-ring (bicyclic) bond motifs is 6. The number of para-hydroxylation sites is 3. The van der Waals surface area contributed by atoms with Gasteiger partial charge in [0.25, 0.3) is 0 Å². The minimum absolute atomic E-state index is 0.253. The summed E-state index contributed by atoms with van der Waals surface area (Å²) in [5.74, 6) is 2.05. The number of hydrogen-bond acceptors (Lipinski definition) is 4. The molecule has 0 bridgehead atoms. The monoisotopic (exact) mass is 617 g/mol. The molecular weight excluding hydrogens is 578 g/mol. The van der Waals surface area contributed by atoms with Gasteiger partial charge in [0, 0.05) is 10.8 Å². The van der Waals surface area contributed by atoms with Crippen molar-refractivity contribution in [3.63, 3.8) is 0 Å². The van der Waals surface area contributed by atoms with E-state index in [1.165, 1.54) is 27.9 Å². The molecule has 0 atom stereocenters. The number of benzene rings is 5. The van der Waals surface area contributed by atoms with Crippen molar-refractivity contribution >= 4 is 44.1 Å². The highest BCUT2D eigenvalue weighted by Crippen LogP contribution is 2.45. The zero-order chi connectivity index (χ0) is 32.6. The topological polar surface area (TPSA) is 57.0 Å². The summed E-state index contributed by atoms with van der Waals surface area (Å²) in [6, 6.07) is 34.1. The molecule has 234 valence electrons. The molecule has 3 aromatic heterocycles. The van der Waals surface area contributed by atoms with Gasteiger partial charge in [0.05, 0.1) is 27.7 Å². The van der Waals surface area contributed by atoms with E-state index in [0.717, 1.165) is 55.5 Å². The van der Waals surface area contributed by atoms with Crippen LogP contribution in [0.5, 0.6) is 0 Å². The maximum Gasteiger partial charge on any atom is 0.200 e. The molecule has 0 spiro atoms. The molecule has 0 N–H and O–H groups in total. The van der Waals surface area contributed by atoms with E-state index in [2.05, 4.69) is 132 Å². The second-order valence-corrected chi connectivity index (χ2v) is 14.3. The van der Waals surface area contributed by atoms with Crippen LogP contribution in [0.3, 0.4) is 0 Å². The van der Waals surface area contributed by atoms with E-state index in [1.807, 2.05) is 18.2 Å². The molecule has 0 amide bonds. The lowest BCUT2D eigenvalue weighted by molar-refractivity contribution is 0.412. The van der Waals surface area contributed by atoms with Crippen molar-refractivity contribution in [1.82, 2.24) is 14.5 Å². The molecule has 8 rings (SSSR count). The molecule has 0 saturated carbocycles. The summed E-state index contributed by atoms with van der Waals surface area (Å²) in [4.78, 5) is 10.4. The number of imidazole rings is 1. The Hall–Kier alpha value is -5.16. The maximum atomic E-state index is 6.72. The van der Waals surface area contributed by atoms with Crippen LogP contribution in [-0.4, -0.2) is 14.5 Å². The first-order chi connectivity index (χ1) is 22.6. The first-order valence-corrected chi connectivity index (χ1v) is 16.6. The van der Waals surface area contributed by atoms with E-state index in [9.17, 15) is 0 Å². The van der Waals surface area contributed by atoms with Gasteiger partial charge >= 0.3 is 0 Å². The van der Waals surface area contributed by atoms with E-state index in [-0.39, 0.29) is 17.3 Å². The Morgan fingerprint density at radius 1 is 0.638 bits per heavy atom. The molecule has 3 heterocycles. The zero-order valence-electron chi connectivity index (χ0n) is 28.1. The third-order valence-electron chi connectivity index (χ3n) is 9.19. The molecule has 8 aromatic rings. The van der Waals surface area contributed by atoms with Crippen LogP contribution in [0.25, 0.3) is 72.3 Å². The van der Waals surface area contributed by atoms with Crippen molar-refractivity contribution in [2.45, 2.75) is 65.7 Å². The van der Waals surface area contributed by atoms with Crippen molar-refractivity contribution in [2.24, 2.45) is 0 Å². The minimum Gasteiger partial charge on any atom is -0.455 e. The quantitative estimate of drug-likeness (QED) is 0.193. The van der Waals surface area contributed by atoms with Crippen LogP contribution in [-0.2, 0) is 5.41 Å².